The Morgan fingerprint density at radius 3 is 3.04 bits per heavy atom. The number of fused-ring (bicyclic) bond motifs is 1. The largest absolute Gasteiger partial charge is 0.385 e. The van der Waals surface area contributed by atoms with Gasteiger partial charge in [-0.1, -0.05) is 18.2 Å². The standard InChI is InChI=1S/C21H28N6O/c1-13-14(2)25-20(19(22)28)26-21(13)27-10-8-17(12-27)24-11-16-6-3-5-15-7-4-9-23-18(15)16/h3,5-6,17,23-24H,4,7-12H2,1-2H3,(H2,22,28)/t17-/m1/s1. The summed E-state index contributed by atoms with van der Waals surface area (Å²) in [6.45, 7) is 7.55. The van der Waals surface area contributed by atoms with Gasteiger partial charge in [0, 0.05) is 49.2 Å². The van der Waals surface area contributed by atoms with Gasteiger partial charge in [0.1, 0.15) is 5.82 Å². The molecule has 3 heterocycles. The van der Waals surface area contributed by atoms with Gasteiger partial charge in [0.25, 0.3) is 5.91 Å². The highest BCUT2D eigenvalue weighted by molar-refractivity contribution is 5.89. The van der Waals surface area contributed by atoms with Gasteiger partial charge in [-0.05, 0) is 44.2 Å². The van der Waals surface area contributed by atoms with Crippen LogP contribution in [0.25, 0.3) is 0 Å². The van der Waals surface area contributed by atoms with Gasteiger partial charge in [-0.15, -0.1) is 0 Å². The molecule has 1 aromatic carbocycles. The number of primary amides is 1. The summed E-state index contributed by atoms with van der Waals surface area (Å²) in [6.07, 6.45) is 3.39. The molecule has 2 aliphatic heterocycles. The minimum atomic E-state index is -0.584. The summed E-state index contributed by atoms with van der Waals surface area (Å²) in [7, 11) is 0. The minimum Gasteiger partial charge on any atom is -0.385 e. The molecule has 0 bridgehead atoms. The maximum Gasteiger partial charge on any atom is 0.286 e. The summed E-state index contributed by atoms with van der Waals surface area (Å²) < 4.78 is 0. The number of amides is 1. The molecular weight excluding hydrogens is 352 g/mol. The van der Waals surface area contributed by atoms with Crippen molar-refractivity contribution in [3.05, 3.63) is 46.4 Å². The number of aryl methyl sites for hydroxylation is 2. The molecule has 148 valence electrons. The van der Waals surface area contributed by atoms with Crippen molar-refractivity contribution in [2.75, 3.05) is 29.9 Å². The Bertz CT molecular complexity index is 897. The van der Waals surface area contributed by atoms with Crippen LogP contribution in [0.4, 0.5) is 11.5 Å². The average molecular weight is 380 g/mol. The van der Waals surface area contributed by atoms with Crippen LogP contribution >= 0.6 is 0 Å². The smallest absolute Gasteiger partial charge is 0.286 e. The third-order valence-corrected chi connectivity index (χ3v) is 5.81. The fraction of sp³-hybridized carbons (Fsp3) is 0.476. The normalized spacial score (nSPS) is 18.6. The highest BCUT2D eigenvalue weighted by Crippen LogP contribution is 2.27. The summed E-state index contributed by atoms with van der Waals surface area (Å²) in [5, 5.41) is 7.26. The summed E-state index contributed by atoms with van der Waals surface area (Å²) in [5.41, 5.74) is 11.3. The quantitative estimate of drug-likeness (QED) is 0.733. The van der Waals surface area contributed by atoms with Crippen LogP contribution in [-0.2, 0) is 13.0 Å². The first kappa shape index (κ1) is 18.7. The zero-order chi connectivity index (χ0) is 19.7. The van der Waals surface area contributed by atoms with E-state index in [0.29, 0.717) is 6.04 Å². The molecule has 7 nitrogen and oxygen atoms in total. The lowest BCUT2D eigenvalue weighted by molar-refractivity contribution is 0.0990. The molecule has 0 radical (unpaired) electrons. The molecule has 2 aliphatic rings. The van der Waals surface area contributed by atoms with Crippen LogP contribution in [0, 0.1) is 13.8 Å². The van der Waals surface area contributed by atoms with Crippen molar-refractivity contribution in [3.63, 3.8) is 0 Å². The maximum atomic E-state index is 11.5. The van der Waals surface area contributed by atoms with Crippen molar-refractivity contribution >= 4 is 17.4 Å². The van der Waals surface area contributed by atoms with E-state index in [1.165, 1.54) is 23.2 Å². The van der Waals surface area contributed by atoms with E-state index in [-0.39, 0.29) is 5.82 Å². The summed E-state index contributed by atoms with van der Waals surface area (Å²) in [4.78, 5) is 22.4. The number of aromatic nitrogens is 2. The molecule has 1 atom stereocenters. The lowest BCUT2D eigenvalue weighted by atomic mass is 9.99. The van der Waals surface area contributed by atoms with Crippen LogP contribution < -0.4 is 21.3 Å². The number of carbonyl (C=O) groups excluding carboxylic acids is 1. The van der Waals surface area contributed by atoms with Crippen LogP contribution in [0.3, 0.4) is 0 Å². The molecule has 4 rings (SSSR count). The second kappa shape index (κ2) is 7.75. The van der Waals surface area contributed by atoms with Gasteiger partial charge in [-0.3, -0.25) is 4.79 Å². The third-order valence-electron chi connectivity index (χ3n) is 5.81. The Hall–Kier alpha value is -2.67. The predicted molar refractivity (Wildman–Crippen MR) is 111 cm³/mol. The molecule has 0 saturated carbocycles. The highest BCUT2D eigenvalue weighted by atomic mass is 16.1. The van der Waals surface area contributed by atoms with E-state index >= 15 is 0 Å². The fourth-order valence-corrected chi connectivity index (χ4v) is 4.13. The van der Waals surface area contributed by atoms with E-state index in [1.807, 2.05) is 13.8 Å². The molecule has 1 saturated heterocycles. The molecular formula is C21H28N6O. The Morgan fingerprint density at radius 1 is 1.36 bits per heavy atom. The van der Waals surface area contributed by atoms with Crippen LogP contribution in [0.2, 0.25) is 0 Å². The minimum absolute atomic E-state index is 0.0940. The van der Waals surface area contributed by atoms with Crippen molar-refractivity contribution in [2.45, 2.75) is 45.7 Å². The van der Waals surface area contributed by atoms with Crippen molar-refractivity contribution in [2.24, 2.45) is 5.73 Å². The third kappa shape index (κ3) is 3.67. The van der Waals surface area contributed by atoms with Crippen LogP contribution in [0.1, 0.15) is 45.8 Å². The van der Waals surface area contributed by atoms with Crippen LogP contribution in [0.15, 0.2) is 18.2 Å². The first-order valence-corrected chi connectivity index (χ1v) is 10.0. The Labute approximate surface area is 165 Å². The average Bonchev–Trinajstić information content (AvgIpc) is 3.17. The number of carbonyl (C=O) groups is 1. The SMILES string of the molecule is Cc1nc(C(N)=O)nc(N2CC[C@@H](NCc3cccc4c3NCCC4)C2)c1C. The van der Waals surface area contributed by atoms with E-state index in [9.17, 15) is 4.79 Å². The molecule has 1 aromatic heterocycles. The number of nitrogens with zero attached hydrogens (tertiary/aromatic N) is 3. The number of nitrogens with two attached hydrogens (primary N) is 1. The zero-order valence-electron chi connectivity index (χ0n) is 16.6. The number of nitrogens with one attached hydrogen (secondary N) is 2. The molecule has 2 aromatic rings. The van der Waals surface area contributed by atoms with Gasteiger partial charge >= 0.3 is 0 Å². The van der Waals surface area contributed by atoms with Crippen LogP contribution in [0.5, 0.6) is 0 Å². The van der Waals surface area contributed by atoms with E-state index in [1.54, 1.807) is 0 Å². The first-order chi connectivity index (χ1) is 13.5. The number of benzene rings is 1. The number of rotatable bonds is 5. The number of hydrogen-bond donors (Lipinski definition) is 3. The van der Waals surface area contributed by atoms with Crippen molar-refractivity contribution in [1.29, 1.82) is 0 Å². The van der Waals surface area contributed by atoms with E-state index < -0.39 is 5.91 Å². The van der Waals surface area contributed by atoms with Gasteiger partial charge in [0.15, 0.2) is 0 Å². The van der Waals surface area contributed by atoms with Gasteiger partial charge in [0.2, 0.25) is 5.82 Å². The number of anilines is 2. The Morgan fingerprint density at radius 2 is 2.21 bits per heavy atom. The van der Waals surface area contributed by atoms with Gasteiger partial charge < -0.3 is 21.3 Å². The molecule has 7 heteroatoms. The van der Waals surface area contributed by atoms with E-state index in [0.717, 1.165) is 56.1 Å². The highest BCUT2D eigenvalue weighted by Gasteiger charge is 2.26. The zero-order valence-corrected chi connectivity index (χ0v) is 16.6. The Balaban J connectivity index is 1.44. The summed E-state index contributed by atoms with van der Waals surface area (Å²) in [6, 6.07) is 6.96. The molecule has 0 aliphatic carbocycles. The van der Waals surface area contributed by atoms with Gasteiger partial charge in [0.05, 0.1) is 0 Å². The van der Waals surface area contributed by atoms with Crippen LogP contribution in [-0.4, -0.2) is 41.6 Å². The second-order valence-corrected chi connectivity index (χ2v) is 7.74. The first-order valence-electron chi connectivity index (χ1n) is 10.0. The molecule has 28 heavy (non-hydrogen) atoms. The topological polar surface area (TPSA) is 96.2 Å². The van der Waals surface area contributed by atoms with Gasteiger partial charge in [-0.25, -0.2) is 9.97 Å². The molecule has 0 unspecified atom stereocenters. The summed E-state index contributed by atoms with van der Waals surface area (Å²) in [5.74, 6) is 0.334. The van der Waals surface area contributed by atoms with E-state index in [4.69, 9.17) is 5.73 Å². The Kier molecular flexibility index (Phi) is 5.17. The van der Waals surface area contributed by atoms with Crippen molar-refractivity contribution in [1.82, 2.24) is 15.3 Å². The molecule has 1 amide bonds. The van der Waals surface area contributed by atoms with Gasteiger partial charge in [-0.2, -0.15) is 0 Å². The lowest BCUT2D eigenvalue weighted by Crippen LogP contribution is -2.33. The molecule has 0 spiro atoms. The summed E-state index contributed by atoms with van der Waals surface area (Å²) >= 11 is 0. The van der Waals surface area contributed by atoms with Crippen molar-refractivity contribution < 1.29 is 4.79 Å². The van der Waals surface area contributed by atoms with Crippen molar-refractivity contribution in [3.8, 4) is 0 Å². The number of para-hydroxylation sites is 1. The molecule has 4 N–H and O–H groups in total. The fourth-order valence-electron chi connectivity index (χ4n) is 4.13. The maximum absolute atomic E-state index is 11.5. The lowest BCUT2D eigenvalue weighted by Gasteiger charge is -2.23. The number of hydrogen-bond acceptors (Lipinski definition) is 6. The monoisotopic (exact) mass is 380 g/mol. The second-order valence-electron chi connectivity index (χ2n) is 7.74. The predicted octanol–water partition coefficient (Wildman–Crippen LogP) is 1.92. The molecule has 1 fully saturated rings. The van der Waals surface area contributed by atoms with E-state index in [2.05, 4.69) is 43.7 Å².